The van der Waals surface area contributed by atoms with Gasteiger partial charge < -0.3 is 19.3 Å². The Kier molecular flexibility index (Phi) is 28.0. The zero-order valence-corrected chi connectivity index (χ0v) is 27.1. The zero-order chi connectivity index (χ0) is 30.4. The molecule has 0 unspecified atom stereocenters. The number of esters is 2. The lowest BCUT2D eigenvalue weighted by Crippen LogP contribution is -2.29. The highest BCUT2D eigenvalue weighted by Gasteiger charge is 2.22. The van der Waals surface area contributed by atoms with Gasteiger partial charge in [-0.1, -0.05) is 122 Å². The Labute approximate surface area is 250 Å². The van der Waals surface area contributed by atoms with Crippen LogP contribution in [-0.4, -0.2) is 41.0 Å². The summed E-state index contributed by atoms with van der Waals surface area (Å²) in [5.74, 6) is -0.903. The van der Waals surface area contributed by atoms with E-state index in [1.54, 1.807) is 0 Å². The van der Waals surface area contributed by atoms with Gasteiger partial charge >= 0.3 is 19.8 Å². The first-order chi connectivity index (χ1) is 19.8. The second kappa shape index (κ2) is 28.9. The van der Waals surface area contributed by atoms with Gasteiger partial charge in [-0.2, -0.15) is 0 Å². The van der Waals surface area contributed by atoms with Crippen LogP contribution >= 0.6 is 7.82 Å². The molecule has 242 valence electrons. The van der Waals surface area contributed by atoms with Crippen molar-refractivity contribution >= 4 is 19.8 Å². The van der Waals surface area contributed by atoms with Crippen molar-refractivity contribution in [3.8, 4) is 0 Å². The Morgan fingerprint density at radius 1 is 0.610 bits per heavy atom. The van der Waals surface area contributed by atoms with E-state index in [4.69, 9.17) is 19.3 Å². The van der Waals surface area contributed by atoms with Crippen LogP contribution in [-0.2, 0) is 28.2 Å². The van der Waals surface area contributed by atoms with Crippen molar-refractivity contribution in [1.29, 1.82) is 0 Å². The number of carbonyl (C=O) groups is 2. The molecule has 0 aliphatic rings. The predicted molar refractivity (Wildman–Crippen MR) is 166 cm³/mol. The summed E-state index contributed by atoms with van der Waals surface area (Å²) >= 11 is 0. The first-order valence-corrected chi connectivity index (χ1v) is 18.0. The molecule has 2 N–H and O–H groups in total. The van der Waals surface area contributed by atoms with E-state index in [-0.39, 0.29) is 19.4 Å². The van der Waals surface area contributed by atoms with E-state index in [1.807, 2.05) is 0 Å². The third-order valence-corrected chi connectivity index (χ3v) is 7.52. The first-order valence-electron chi connectivity index (χ1n) is 16.5. The Morgan fingerprint density at radius 2 is 1.02 bits per heavy atom. The van der Waals surface area contributed by atoms with Crippen molar-refractivity contribution < 1.29 is 37.9 Å². The molecule has 0 heterocycles. The number of carbonyl (C=O) groups excluding carboxylic acids is 2. The molecule has 0 amide bonds. The smallest absolute Gasteiger partial charge is 0.462 e. The summed E-state index contributed by atoms with van der Waals surface area (Å²) in [7, 11) is -4.74. The molecule has 0 aliphatic heterocycles. The van der Waals surface area contributed by atoms with Crippen molar-refractivity contribution in [2.75, 3.05) is 13.2 Å². The minimum absolute atomic E-state index is 0.195. The van der Waals surface area contributed by atoms with E-state index in [0.29, 0.717) is 6.42 Å². The van der Waals surface area contributed by atoms with Crippen molar-refractivity contribution in [2.24, 2.45) is 0 Å². The van der Waals surface area contributed by atoms with E-state index in [1.165, 1.54) is 83.5 Å². The fourth-order valence-corrected chi connectivity index (χ4v) is 4.90. The highest BCUT2D eigenvalue weighted by atomic mass is 31.2. The summed E-state index contributed by atoms with van der Waals surface area (Å²) in [6, 6.07) is 0. The number of rotatable bonds is 30. The highest BCUT2D eigenvalue weighted by Crippen LogP contribution is 2.35. The topological polar surface area (TPSA) is 119 Å². The summed E-state index contributed by atoms with van der Waals surface area (Å²) in [6.07, 6.45) is 28.0. The molecule has 0 aromatic carbocycles. The van der Waals surface area contributed by atoms with Gasteiger partial charge in [0.1, 0.15) is 6.61 Å². The maximum Gasteiger partial charge on any atom is 0.469 e. The van der Waals surface area contributed by atoms with E-state index in [2.05, 4.69) is 30.5 Å². The Bertz CT molecular complexity index is 691. The standard InChI is InChI=1S/C32H61O8P/c1-3-5-7-9-11-13-15-16-17-19-21-23-25-27-32(34)40-30(29-39-41(35,36)37)28-38-31(33)26-24-22-20-18-14-12-10-8-6-4-2/h16-17,30H,3-15,18-29H2,1-2H3,(H2,35,36,37)/b17-16+/t30-/m1/s1. The number of unbranched alkanes of at least 4 members (excludes halogenated alkanes) is 18. The number of allylic oxidation sites excluding steroid dienone is 2. The van der Waals surface area contributed by atoms with E-state index >= 15 is 0 Å². The number of phosphoric acid groups is 1. The fraction of sp³-hybridized carbons (Fsp3) is 0.875. The summed E-state index contributed by atoms with van der Waals surface area (Å²) in [5.41, 5.74) is 0. The van der Waals surface area contributed by atoms with E-state index in [9.17, 15) is 14.2 Å². The fourth-order valence-electron chi connectivity index (χ4n) is 4.54. The van der Waals surface area contributed by atoms with Gasteiger partial charge in [0.15, 0.2) is 6.10 Å². The van der Waals surface area contributed by atoms with E-state index in [0.717, 1.165) is 44.9 Å². The molecule has 0 fully saturated rings. The third-order valence-electron chi connectivity index (χ3n) is 7.03. The lowest BCUT2D eigenvalue weighted by atomic mass is 10.1. The van der Waals surface area contributed by atoms with Crippen molar-refractivity contribution in [1.82, 2.24) is 0 Å². The van der Waals surface area contributed by atoms with E-state index < -0.39 is 32.5 Å². The average Bonchev–Trinajstić information content (AvgIpc) is 2.93. The van der Waals surface area contributed by atoms with Crippen molar-refractivity contribution in [3.63, 3.8) is 0 Å². The van der Waals surface area contributed by atoms with Gasteiger partial charge in [-0.3, -0.25) is 14.1 Å². The molecule has 0 bridgehead atoms. The second-order valence-electron chi connectivity index (χ2n) is 11.1. The molecular formula is C32H61O8P. The van der Waals surface area contributed by atoms with Crippen LogP contribution in [0.25, 0.3) is 0 Å². The van der Waals surface area contributed by atoms with Crippen LogP contribution < -0.4 is 0 Å². The largest absolute Gasteiger partial charge is 0.469 e. The van der Waals surface area contributed by atoms with Gasteiger partial charge in [-0.25, -0.2) is 4.57 Å². The monoisotopic (exact) mass is 604 g/mol. The summed E-state index contributed by atoms with van der Waals surface area (Å²) in [5, 5.41) is 0. The van der Waals surface area contributed by atoms with Crippen LogP contribution in [0.3, 0.4) is 0 Å². The van der Waals surface area contributed by atoms with Crippen LogP contribution in [0.15, 0.2) is 12.2 Å². The minimum Gasteiger partial charge on any atom is -0.462 e. The van der Waals surface area contributed by atoms with Gasteiger partial charge in [0.2, 0.25) is 0 Å². The Morgan fingerprint density at radius 3 is 1.51 bits per heavy atom. The van der Waals surface area contributed by atoms with Crippen molar-refractivity contribution in [3.05, 3.63) is 12.2 Å². The molecule has 1 atom stereocenters. The van der Waals surface area contributed by atoms with Crippen molar-refractivity contribution in [2.45, 2.75) is 168 Å². The normalized spacial score (nSPS) is 12.6. The molecule has 41 heavy (non-hydrogen) atoms. The molecule has 0 rings (SSSR count). The lowest BCUT2D eigenvalue weighted by Gasteiger charge is -2.18. The zero-order valence-electron chi connectivity index (χ0n) is 26.2. The molecule has 0 saturated heterocycles. The third kappa shape index (κ3) is 31.6. The van der Waals surface area contributed by atoms with Gasteiger partial charge in [-0.05, 0) is 38.5 Å². The minimum atomic E-state index is -4.74. The Balaban J connectivity index is 4.05. The van der Waals surface area contributed by atoms with Gasteiger partial charge in [0.05, 0.1) is 6.61 Å². The van der Waals surface area contributed by atoms with Crippen LogP contribution in [0.4, 0.5) is 0 Å². The second-order valence-corrected chi connectivity index (χ2v) is 12.4. The highest BCUT2D eigenvalue weighted by molar-refractivity contribution is 7.46. The first kappa shape index (κ1) is 39.8. The number of phosphoric ester groups is 1. The molecule has 0 aromatic heterocycles. The van der Waals surface area contributed by atoms with Gasteiger partial charge in [-0.15, -0.1) is 0 Å². The average molecular weight is 605 g/mol. The summed E-state index contributed by atoms with van der Waals surface area (Å²) in [4.78, 5) is 42.4. The quantitative estimate of drug-likeness (QED) is 0.0360. The molecule has 0 aromatic rings. The molecule has 0 radical (unpaired) electrons. The number of ether oxygens (including phenoxy) is 2. The number of hydrogen-bond acceptors (Lipinski definition) is 6. The SMILES string of the molecule is CCCCCCCC/C=C/CCCCCC(=O)O[C@H](COC(=O)CCCCCCCCCCCC)COP(=O)(O)O. The van der Waals surface area contributed by atoms with Gasteiger partial charge in [0, 0.05) is 12.8 Å². The van der Waals surface area contributed by atoms with Crippen LogP contribution in [0.2, 0.25) is 0 Å². The lowest BCUT2D eigenvalue weighted by molar-refractivity contribution is -0.161. The summed E-state index contributed by atoms with van der Waals surface area (Å²) in [6.45, 7) is 3.62. The predicted octanol–water partition coefficient (Wildman–Crippen LogP) is 9.12. The molecule has 0 spiro atoms. The molecule has 8 nitrogen and oxygen atoms in total. The molecule has 9 heteroatoms. The molecule has 0 aliphatic carbocycles. The van der Waals surface area contributed by atoms with Crippen LogP contribution in [0.5, 0.6) is 0 Å². The number of hydrogen-bond donors (Lipinski definition) is 2. The Hall–Kier alpha value is -1.21. The molecule has 0 saturated carbocycles. The maximum absolute atomic E-state index is 12.3. The maximum atomic E-state index is 12.3. The van der Waals surface area contributed by atoms with Gasteiger partial charge in [0.25, 0.3) is 0 Å². The summed E-state index contributed by atoms with van der Waals surface area (Å²) < 4.78 is 26.1. The van der Waals surface area contributed by atoms with Crippen LogP contribution in [0.1, 0.15) is 162 Å². The molecular weight excluding hydrogens is 543 g/mol. The van der Waals surface area contributed by atoms with Crippen LogP contribution in [0, 0.1) is 0 Å².